The number of amides is 1. The molecule has 7 nitrogen and oxygen atoms in total. The van der Waals surface area contributed by atoms with Crippen LogP contribution in [-0.4, -0.2) is 73.8 Å². The van der Waals surface area contributed by atoms with E-state index in [0.717, 1.165) is 18.5 Å². The smallest absolute Gasteiger partial charge is 0.254 e. The highest BCUT2D eigenvalue weighted by Gasteiger charge is 2.42. The zero-order valence-corrected chi connectivity index (χ0v) is 12.7. The number of imidazole rings is 1. The first kappa shape index (κ1) is 15.5. The van der Waals surface area contributed by atoms with Gasteiger partial charge in [-0.2, -0.15) is 0 Å². The fourth-order valence-electron chi connectivity index (χ4n) is 3.46. The third-order valence-corrected chi connectivity index (χ3v) is 4.65. The molecule has 1 amide bonds. The molecule has 0 bridgehead atoms. The Hall–Kier alpha value is -1.44. The van der Waals surface area contributed by atoms with Gasteiger partial charge in [-0.15, -0.1) is 0 Å². The standard InChI is InChI=1S/C15H24N4O3/c20-13-9-18(8-12-7-16-11-17-12)5-6-19(10-13)14(21)15(22)3-1-2-4-15/h7,11,13,20,22H,1-6,8-10H2,(H,16,17). The number of hydrogen-bond acceptors (Lipinski definition) is 5. The van der Waals surface area contributed by atoms with Crippen LogP contribution in [0.1, 0.15) is 31.4 Å². The van der Waals surface area contributed by atoms with E-state index in [1.807, 2.05) is 0 Å². The molecule has 7 heteroatoms. The Morgan fingerprint density at radius 3 is 2.82 bits per heavy atom. The summed E-state index contributed by atoms with van der Waals surface area (Å²) in [6.45, 7) is 2.69. The molecular formula is C15H24N4O3. The van der Waals surface area contributed by atoms with E-state index in [4.69, 9.17) is 0 Å². The van der Waals surface area contributed by atoms with Crippen LogP contribution in [0.15, 0.2) is 12.5 Å². The minimum Gasteiger partial charge on any atom is -0.390 e. The maximum absolute atomic E-state index is 12.6. The van der Waals surface area contributed by atoms with Crippen molar-refractivity contribution in [1.82, 2.24) is 19.8 Å². The van der Waals surface area contributed by atoms with Gasteiger partial charge in [-0.25, -0.2) is 4.98 Å². The number of aliphatic hydroxyl groups excluding tert-OH is 1. The van der Waals surface area contributed by atoms with Crippen LogP contribution in [-0.2, 0) is 11.3 Å². The fraction of sp³-hybridized carbons (Fsp3) is 0.733. The third kappa shape index (κ3) is 3.31. The van der Waals surface area contributed by atoms with Gasteiger partial charge in [0.15, 0.2) is 0 Å². The quantitative estimate of drug-likeness (QED) is 0.714. The maximum Gasteiger partial charge on any atom is 0.254 e. The molecule has 3 N–H and O–H groups in total. The molecule has 1 atom stereocenters. The van der Waals surface area contributed by atoms with E-state index < -0.39 is 11.7 Å². The molecule has 3 rings (SSSR count). The zero-order chi connectivity index (χ0) is 15.6. The summed E-state index contributed by atoms with van der Waals surface area (Å²) in [5.41, 5.74) is -0.223. The van der Waals surface area contributed by atoms with Crippen LogP contribution in [0, 0.1) is 0 Å². The van der Waals surface area contributed by atoms with E-state index in [1.54, 1.807) is 17.4 Å². The first-order valence-corrected chi connectivity index (χ1v) is 7.96. The highest BCUT2D eigenvalue weighted by molar-refractivity contribution is 5.85. The van der Waals surface area contributed by atoms with Crippen molar-refractivity contribution in [2.45, 2.75) is 43.9 Å². The predicted octanol–water partition coefficient (Wildman–Crippen LogP) is -0.280. The zero-order valence-electron chi connectivity index (χ0n) is 12.7. The second kappa shape index (κ2) is 6.36. The molecule has 1 aromatic heterocycles. The van der Waals surface area contributed by atoms with Crippen LogP contribution in [0.4, 0.5) is 0 Å². The van der Waals surface area contributed by atoms with Crippen LogP contribution in [0.5, 0.6) is 0 Å². The molecule has 1 aliphatic carbocycles. The summed E-state index contributed by atoms with van der Waals surface area (Å²) in [5.74, 6) is -0.215. The Morgan fingerprint density at radius 1 is 1.36 bits per heavy atom. The number of aromatic nitrogens is 2. The minimum absolute atomic E-state index is 0.215. The molecule has 2 fully saturated rings. The van der Waals surface area contributed by atoms with Crippen molar-refractivity contribution in [2.24, 2.45) is 0 Å². The van der Waals surface area contributed by atoms with Crippen LogP contribution >= 0.6 is 0 Å². The first-order chi connectivity index (χ1) is 10.6. The molecule has 1 saturated carbocycles. The molecule has 2 aliphatic rings. The lowest BCUT2D eigenvalue weighted by Crippen LogP contribution is -2.49. The fourth-order valence-corrected chi connectivity index (χ4v) is 3.46. The lowest BCUT2D eigenvalue weighted by atomic mass is 10.0. The van der Waals surface area contributed by atoms with Crippen molar-refractivity contribution in [2.75, 3.05) is 26.2 Å². The van der Waals surface area contributed by atoms with Gasteiger partial charge in [0.1, 0.15) is 5.60 Å². The number of rotatable bonds is 3. The molecular weight excluding hydrogens is 284 g/mol. The van der Waals surface area contributed by atoms with E-state index in [0.29, 0.717) is 45.6 Å². The second-order valence-corrected chi connectivity index (χ2v) is 6.46. The Kier molecular flexibility index (Phi) is 4.46. The molecule has 0 radical (unpaired) electrons. The summed E-state index contributed by atoms with van der Waals surface area (Å²) >= 11 is 0. The first-order valence-electron chi connectivity index (χ1n) is 7.96. The highest BCUT2D eigenvalue weighted by atomic mass is 16.3. The minimum atomic E-state index is -1.21. The molecule has 1 saturated heterocycles. The summed E-state index contributed by atoms with van der Waals surface area (Å²) in [4.78, 5) is 23.3. The van der Waals surface area contributed by atoms with Gasteiger partial charge in [0.2, 0.25) is 0 Å². The Bertz CT molecular complexity index is 499. The summed E-state index contributed by atoms with van der Waals surface area (Å²) in [5, 5.41) is 20.7. The topological polar surface area (TPSA) is 92.7 Å². The van der Waals surface area contributed by atoms with Gasteiger partial charge < -0.3 is 20.1 Å². The van der Waals surface area contributed by atoms with Crippen LogP contribution in [0.2, 0.25) is 0 Å². The lowest BCUT2D eigenvalue weighted by molar-refractivity contribution is -0.151. The number of nitrogens with zero attached hydrogens (tertiary/aromatic N) is 3. The number of aliphatic hydroxyl groups is 2. The number of carbonyl (C=O) groups is 1. The number of carbonyl (C=O) groups excluding carboxylic acids is 1. The molecule has 22 heavy (non-hydrogen) atoms. The molecule has 1 unspecified atom stereocenters. The molecule has 1 aromatic rings. The molecule has 2 heterocycles. The summed E-state index contributed by atoms with van der Waals surface area (Å²) in [6.07, 6.45) is 5.66. The van der Waals surface area contributed by atoms with Crippen molar-refractivity contribution < 1.29 is 15.0 Å². The van der Waals surface area contributed by atoms with Crippen LogP contribution in [0.25, 0.3) is 0 Å². The average molecular weight is 308 g/mol. The van der Waals surface area contributed by atoms with E-state index in [2.05, 4.69) is 14.9 Å². The van der Waals surface area contributed by atoms with Crippen LogP contribution in [0.3, 0.4) is 0 Å². The molecule has 0 spiro atoms. The molecule has 122 valence electrons. The third-order valence-electron chi connectivity index (χ3n) is 4.65. The van der Waals surface area contributed by atoms with Gasteiger partial charge in [-0.1, -0.05) is 0 Å². The number of hydrogen-bond donors (Lipinski definition) is 3. The van der Waals surface area contributed by atoms with E-state index in [1.165, 1.54) is 0 Å². The summed E-state index contributed by atoms with van der Waals surface area (Å²) in [6, 6.07) is 0. The van der Waals surface area contributed by atoms with Crippen LogP contribution < -0.4 is 0 Å². The van der Waals surface area contributed by atoms with E-state index in [9.17, 15) is 15.0 Å². The summed E-state index contributed by atoms with van der Waals surface area (Å²) < 4.78 is 0. The van der Waals surface area contributed by atoms with Gasteiger partial charge in [0.05, 0.1) is 12.4 Å². The van der Waals surface area contributed by atoms with Gasteiger partial charge in [0.25, 0.3) is 5.91 Å². The van der Waals surface area contributed by atoms with Crippen molar-refractivity contribution in [3.05, 3.63) is 18.2 Å². The van der Waals surface area contributed by atoms with E-state index >= 15 is 0 Å². The molecule has 0 aromatic carbocycles. The second-order valence-electron chi connectivity index (χ2n) is 6.46. The Balaban J connectivity index is 1.62. The van der Waals surface area contributed by atoms with Gasteiger partial charge in [0, 0.05) is 44.6 Å². The number of nitrogens with one attached hydrogen (secondary N) is 1. The number of β-amino-alcohol motifs (C(OH)–C–C–N with tert-alkyl or cyclic N) is 1. The van der Waals surface area contributed by atoms with Crippen molar-refractivity contribution in [3.63, 3.8) is 0 Å². The largest absolute Gasteiger partial charge is 0.390 e. The monoisotopic (exact) mass is 308 g/mol. The van der Waals surface area contributed by atoms with Crippen molar-refractivity contribution in [3.8, 4) is 0 Å². The van der Waals surface area contributed by atoms with E-state index in [-0.39, 0.29) is 5.91 Å². The van der Waals surface area contributed by atoms with Gasteiger partial charge in [-0.3, -0.25) is 9.69 Å². The summed E-state index contributed by atoms with van der Waals surface area (Å²) in [7, 11) is 0. The highest BCUT2D eigenvalue weighted by Crippen LogP contribution is 2.31. The van der Waals surface area contributed by atoms with Gasteiger partial charge >= 0.3 is 0 Å². The normalized spacial score (nSPS) is 26.1. The lowest BCUT2D eigenvalue weighted by Gasteiger charge is -2.30. The predicted molar refractivity (Wildman–Crippen MR) is 79.9 cm³/mol. The SMILES string of the molecule is O=C(N1CCN(Cc2cnc[nH]2)CC(O)C1)C1(O)CCCC1. The van der Waals surface area contributed by atoms with Crippen molar-refractivity contribution >= 4 is 5.91 Å². The molecule has 1 aliphatic heterocycles. The Labute approximate surface area is 129 Å². The number of aromatic amines is 1. The van der Waals surface area contributed by atoms with Gasteiger partial charge in [-0.05, 0) is 25.7 Å². The Morgan fingerprint density at radius 2 is 2.14 bits per heavy atom. The number of H-pyrrole nitrogens is 1. The maximum atomic E-state index is 12.6. The van der Waals surface area contributed by atoms with Crippen molar-refractivity contribution in [1.29, 1.82) is 0 Å². The average Bonchev–Trinajstić information content (AvgIpc) is 3.11.